The summed E-state index contributed by atoms with van der Waals surface area (Å²) in [5.41, 5.74) is 5.17. The number of benzene rings is 2. The van der Waals surface area contributed by atoms with Crippen LogP contribution in [-0.2, 0) is 0 Å². The molecule has 0 unspecified atom stereocenters. The van der Waals surface area contributed by atoms with E-state index >= 15 is 0 Å². The first kappa shape index (κ1) is 12.0. The molecule has 3 nitrogen and oxygen atoms in total. The topological polar surface area (TPSA) is 52.3 Å². The third-order valence-corrected chi connectivity index (χ3v) is 2.34. The number of halogens is 2. The molecule has 0 aliphatic heterocycles. The molecule has 0 heterocycles. The zero-order chi connectivity index (χ0) is 13.1. The lowest BCUT2D eigenvalue weighted by Gasteiger charge is -2.09. The van der Waals surface area contributed by atoms with E-state index in [-0.39, 0.29) is 16.9 Å². The van der Waals surface area contributed by atoms with Gasteiger partial charge in [0.1, 0.15) is 5.75 Å². The fraction of sp³-hybridized carbons (Fsp3) is 0. The number of hydrogen-bond acceptors (Lipinski definition) is 2. The molecule has 0 saturated heterocycles. The van der Waals surface area contributed by atoms with Crippen molar-refractivity contribution in [3.63, 3.8) is 0 Å². The van der Waals surface area contributed by atoms with Crippen molar-refractivity contribution in [1.29, 1.82) is 0 Å². The Balaban J connectivity index is 2.57. The SMILES string of the molecule is NC(=O)Oc1ccccc1-c1cccc(F)c1F. The van der Waals surface area contributed by atoms with Crippen LogP contribution in [0.5, 0.6) is 5.75 Å². The smallest absolute Gasteiger partial charge is 0.409 e. The molecule has 1 amide bonds. The number of amides is 1. The number of carbonyl (C=O) groups is 1. The number of nitrogens with two attached hydrogens (primary N) is 1. The molecule has 0 spiro atoms. The van der Waals surface area contributed by atoms with Gasteiger partial charge in [-0.05, 0) is 12.1 Å². The molecule has 2 rings (SSSR count). The Labute approximate surface area is 102 Å². The van der Waals surface area contributed by atoms with Crippen LogP contribution in [0.4, 0.5) is 13.6 Å². The van der Waals surface area contributed by atoms with Crippen molar-refractivity contribution in [2.24, 2.45) is 5.73 Å². The Morgan fingerprint density at radius 2 is 1.67 bits per heavy atom. The highest BCUT2D eigenvalue weighted by atomic mass is 19.2. The zero-order valence-corrected chi connectivity index (χ0v) is 9.19. The maximum absolute atomic E-state index is 13.7. The normalized spacial score (nSPS) is 10.1. The molecule has 92 valence electrons. The average molecular weight is 249 g/mol. The lowest BCUT2D eigenvalue weighted by atomic mass is 10.0. The maximum Gasteiger partial charge on any atom is 0.409 e. The van der Waals surface area contributed by atoms with Crippen LogP contribution in [0.1, 0.15) is 0 Å². The van der Waals surface area contributed by atoms with Crippen molar-refractivity contribution in [3.05, 3.63) is 54.1 Å². The first-order chi connectivity index (χ1) is 8.59. The van der Waals surface area contributed by atoms with Gasteiger partial charge in [0.05, 0.1) is 0 Å². The van der Waals surface area contributed by atoms with Crippen molar-refractivity contribution in [1.82, 2.24) is 0 Å². The summed E-state index contributed by atoms with van der Waals surface area (Å²) in [5, 5.41) is 0. The number of rotatable bonds is 2. The molecule has 0 atom stereocenters. The maximum atomic E-state index is 13.7. The molecule has 0 radical (unpaired) electrons. The summed E-state index contributed by atoms with van der Waals surface area (Å²) in [6, 6.07) is 9.94. The van der Waals surface area contributed by atoms with Gasteiger partial charge in [-0.15, -0.1) is 0 Å². The quantitative estimate of drug-likeness (QED) is 0.889. The van der Waals surface area contributed by atoms with Gasteiger partial charge in [0.2, 0.25) is 0 Å². The molecule has 2 N–H and O–H groups in total. The molecular formula is C13H9F2NO2. The Bertz CT molecular complexity index is 599. The van der Waals surface area contributed by atoms with E-state index in [4.69, 9.17) is 10.5 Å². The van der Waals surface area contributed by atoms with Crippen molar-refractivity contribution in [2.75, 3.05) is 0 Å². The van der Waals surface area contributed by atoms with E-state index < -0.39 is 17.7 Å². The van der Waals surface area contributed by atoms with Crippen LogP contribution >= 0.6 is 0 Å². The summed E-state index contributed by atoms with van der Waals surface area (Å²) in [5.74, 6) is -1.89. The summed E-state index contributed by atoms with van der Waals surface area (Å²) in [6.45, 7) is 0. The van der Waals surface area contributed by atoms with Crippen LogP contribution < -0.4 is 10.5 Å². The highest BCUT2D eigenvalue weighted by Crippen LogP contribution is 2.32. The first-order valence-corrected chi connectivity index (χ1v) is 5.10. The van der Waals surface area contributed by atoms with E-state index in [0.29, 0.717) is 0 Å². The second-order valence-corrected chi connectivity index (χ2v) is 3.52. The van der Waals surface area contributed by atoms with Gasteiger partial charge in [0.25, 0.3) is 0 Å². The van der Waals surface area contributed by atoms with Gasteiger partial charge in [0.15, 0.2) is 11.6 Å². The van der Waals surface area contributed by atoms with Crippen molar-refractivity contribution in [2.45, 2.75) is 0 Å². The Morgan fingerprint density at radius 1 is 1.00 bits per heavy atom. The minimum atomic E-state index is -1.01. The summed E-state index contributed by atoms with van der Waals surface area (Å²) >= 11 is 0. The van der Waals surface area contributed by atoms with Gasteiger partial charge in [-0.3, -0.25) is 0 Å². The van der Waals surface area contributed by atoms with E-state index in [2.05, 4.69) is 0 Å². The largest absolute Gasteiger partial charge is 0.410 e. The number of primary amides is 1. The first-order valence-electron chi connectivity index (χ1n) is 5.10. The van der Waals surface area contributed by atoms with Crippen molar-refractivity contribution >= 4 is 6.09 Å². The van der Waals surface area contributed by atoms with Crippen LogP contribution in [0, 0.1) is 11.6 Å². The number of ether oxygens (including phenoxy) is 1. The van der Waals surface area contributed by atoms with E-state index in [1.165, 1.54) is 24.3 Å². The third kappa shape index (κ3) is 2.29. The highest BCUT2D eigenvalue weighted by Gasteiger charge is 2.14. The molecule has 0 aromatic heterocycles. The van der Waals surface area contributed by atoms with Crippen LogP contribution in [0.3, 0.4) is 0 Å². The van der Waals surface area contributed by atoms with Crippen LogP contribution in [0.15, 0.2) is 42.5 Å². The molecule has 5 heteroatoms. The van der Waals surface area contributed by atoms with Gasteiger partial charge in [0, 0.05) is 11.1 Å². The van der Waals surface area contributed by atoms with E-state index in [9.17, 15) is 13.6 Å². The molecule has 2 aromatic carbocycles. The lowest BCUT2D eigenvalue weighted by molar-refractivity contribution is 0.211. The van der Waals surface area contributed by atoms with Crippen LogP contribution in [-0.4, -0.2) is 6.09 Å². The predicted molar refractivity (Wildman–Crippen MR) is 62.0 cm³/mol. The van der Waals surface area contributed by atoms with Crippen LogP contribution in [0.2, 0.25) is 0 Å². The molecular weight excluding hydrogens is 240 g/mol. The van der Waals surface area contributed by atoms with Crippen molar-refractivity contribution in [3.8, 4) is 16.9 Å². The molecule has 0 bridgehead atoms. The minimum Gasteiger partial charge on any atom is -0.410 e. The number of hydrogen-bond donors (Lipinski definition) is 1. The Morgan fingerprint density at radius 3 is 2.39 bits per heavy atom. The monoisotopic (exact) mass is 249 g/mol. The number of carbonyl (C=O) groups excluding carboxylic acids is 1. The van der Waals surface area contributed by atoms with E-state index in [1.807, 2.05) is 0 Å². The van der Waals surface area contributed by atoms with Crippen LogP contribution in [0.25, 0.3) is 11.1 Å². The standard InChI is InChI=1S/C13H9F2NO2/c14-10-6-3-5-9(12(10)15)8-4-1-2-7-11(8)18-13(16)17/h1-7H,(H2,16,17). The summed E-state index contributed by atoms with van der Waals surface area (Å²) < 4.78 is 31.6. The minimum absolute atomic E-state index is 0.00634. The summed E-state index contributed by atoms with van der Waals surface area (Å²) in [6.07, 6.45) is -1.01. The second kappa shape index (κ2) is 4.83. The summed E-state index contributed by atoms with van der Waals surface area (Å²) in [4.78, 5) is 10.7. The zero-order valence-electron chi connectivity index (χ0n) is 9.19. The molecule has 0 aliphatic rings. The highest BCUT2D eigenvalue weighted by molar-refractivity contribution is 5.76. The Kier molecular flexibility index (Phi) is 3.23. The molecule has 2 aromatic rings. The fourth-order valence-corrected chi connectivity index (χ4v) is 1.60. The van der Waals surface area contributed by atoms with Gasteiger partial charge in [-0.2, -0.15) is 0 Å². The lowest BCUT2D eigenvalue weighted by Crippen LogP contribution is -2.16. The Hall–Kier alpha value is -2.43. The van der Waals surface area contributed by atoms with Gasteiger partial charge < -0.3 is 10.5 Å². The average Bonchev–Trinajstić information content (AvgIpc) is 2.33. The van der Waals surface area contributed by atoms with Gasteiger partial charge in [-0.1, -0.05) is 30.3 Å². The molecule has 0 saturated carbocycles. The fourth-order valence-electron chi connectivity index (χ4n) is 1.60. The van der Waals surface area contributed by atoms with Crippen molar-refractivity contribution < 1.29 is 18.3 Å². The van der Waals surface area contributed by atoms with E-state index in [0.717, 1.165) is 6.07 Å². The third-order valence-electron chi connectivity index (χ3n) is 2.34. The molecule has 0 fully saturated rings. The molecule has 18 heavy (non-hydrogen) atoms. The van der Waals surface area contributed by atoms with E-state index in [1.54, 1.807) is 12.1 Å². The van der Waals surface area contributed by atoms with Gasteiger partial charge >= 0.3 is 6.09 Å². The predicted octanol–water partition coefficient (Wildman–Crippen LogP) is 3.09. The summed E-state index contributed by atoms with van der Waals surface area (Å²) in [7, 11) is 0. The van der Waals surface area contributed by atoms with Gasteiger partial charge in [-0.25, -0.2) is 13.6 Å². The second-order valence-electron chi connectivity index (χ2n) is 3.52. The molecule has 0 aliphatic carbocycles. The number of para-hydroxylation sites is 1.